The minimum atomic E-state index is -1.12. The minimum absolute atomic E-state index is 0.0895. The molecule has 0 aliphatic carbocycles. The molecule has 2 aromatic heterocycles. The number of nitrogens with zero attached hydrogens (tertiary/aromatic N) is 3. The van der Waals surface area contributed by atoms with Gasteiger partial charge < -0.3 is 19.7 Å². The van der Waals surface area contributed by atoms with E-state index in [0.29, 0.717) is 50.5 Å². The molecule has 9 heteroatoms. The number of fused-ring (bicyclic) bond motifs is 1. The first-order chi connectivity index (χ1) is 19.9. The van der Waals surface area contributed by atoms with Crippen molar-refractivity contribution in [3.05, 3.63) is 89.4 Å². The van der Waals surface area contributed by atoms with E-state index in [1.807, 2.05) is 57.2 Å². The Kier molecular flexibility index (Phi) is 7.47. The highest BCUT2D eigenvalue weighted by atomic mass is 19.1. The average Bonchev–Trinajstić information content (AvgIpc) is 3.35. The third kappa shape index (κ3) is 5.56. The number of ether oxygens (including phenoxy) is 2. The number of hydrogen-bond donors (Lipinski definition) is 2. The second kappa shape index (κ2) is 10.9. The summed E-state index contributed by atoms with van der Waals surface area (Å²) in [6.45, 7) is 9.13. The van der Waals surface area contributed by atoms with Crippen LogP contribution in [-0.4, -0.2) is 43.5 Å². The number of hydrogen-bond acceptors (Lipinski definition) is 7. The smallest absolute Gasteiger partial charge is 0.339 e. The Hall–Kier alpha value is -4.76. The quantitative estimate of drug-likeness (QED) is 0.214. The van der Waals surface area contributed by atoms with E-state index in [4.69, 9.17) is 19.6 Å². The van der Waals surface area contributed by atoms with Gasteiger partial charge >= 0.3 is 5.97 Å². The molecule has 5 aromatic rings. The number of methoxy groups -OCH3 is 1. The Balaban J connectivity index is 1.76. The van der Waals surface area contributed by atoms with Crippen molar-refractivity contribution < 1.29 is 28.9 Å². The Labute approximate surface area is 243 Å². The lowest BCUT2D eigenvalue weighted by Crippen LogP contribution is -2.29. The molecule has 3 aromatic carbocycles. The second-order valence-corrected chi connectivity index (χ2v) is 11.1. The summed E-state index contributed by atoms with van der Waals surface area (Å²) in [7, 11) is 1.30. The molecule has 2 heterocycles. The zero-order valence-electron chi connectivity index (χ0n) is 24.3. The van der Waals surface area contributed by atoms with Crippen LogP contribution < -0.4 is 0 Å². The van der Waals surface area contributed by atoms with Gasteiger partial charge in [0.15, 0.2) is 11.8 Å². The lowest BCUT2D eigenvalue weighted by Gasteiger charge is -2.28. The summed E-state index contributed by atoms with van der Waals surface area (Å²) in [4.78, 5) is 17.9. The second-order valence-electron chi connectivity index (χ2n) is 11.1. The van der Waals surface area contributed by atoms with E-state index in [1.165, 1.54) is 19.2 Å². The van der Waals surface area contributed by atoms with Gasteiger partial charge in [-0.2, -0.15) is 5.10 Å². The topological polar surface area (TPSA) is 106 Å². The van der Waals surface area contributed by atoms with Crippen LogP contribution in [0.3, 0.4) is 0 Å². The molecule has 1 atom stereocenters. The Bertz CT molecular complexity index is 1820. The number of aromatic hydroxyl groups is 2. The molecule has 0 amide bonds. The molecule has 0 spiro atoms. The van der Waals surface area contributed by atoms with Crippen LogP contribution in [-0.2, 0) is 14.3 Å². The van der Waals surface area contributed by atoms with E-state index in [-0.39, 0.29) is 11.5 Å². The average molecular weight is 570 g/mol. The van der Waals surface area contributed by atoms with Crippen molar-refractivity contribution in [1.82, 2.24) is 14.6 Å². The van der Waals surface area contributed by atoms with Crippen molar-refractivity contribution in [2.24, 2.45) is 0 Å². The summed E-state index contributed by atoms with van der Waals surface area (Å²) < 4.78 is 26.6. The van der Waals surface area contributed by atoms with Crippen molar-refractivity contribution in [1.29, 1.82) is 0 Å². The van der Waals surface area contributed by atoms with Gasteiger partial charge in [0.25, 0.3) is 0 Å². The monoisotopic (exact) mass is 569 g/mol. The summed E-state index contributed by atoms with van der Waals surface area (Å²) in [6, 6.07) is 18.3. The van der Waals surface area contributed by atoms with Crippen LogP contribution in [0.15, 0.2) is 66.7 Å². The molecule has 0 saturated carbocycles. The maximum absolute atomic E-state index is 13.6. The predicted octanol–water partition coefficient (Wildman–Crippen LogP) is 6.93. The van der Waals surface area contributed by atoms with Crippen molar-refractivity contribution in [3.63, 3.8) is 0 Å². The van der Waals surface area contributed by atoms with E-state index in [0.717, 1.165) is 11.6 Å². The third-order valence-corrected chi connectivity index (χ3v) is 6.89. The van der Waals surface area contributed by atoms with Gasteiger partial charge in [-0.15, -0.1) is 0 Å². The first-order valence-corrected chi connectivity index (χ1v) is 13.4. The Morgan fingerprint density at radius 3 is 2.33 bits per heavy atom. The summed E-state index contributed by atoms with van der Waals surface area (Å²) in [5.74, 6) is -1.20. The van der Waals surface area contributed by atoms with Gasteiger partial charge in [0.05, 0.1) is 24.1 Å². The number of benzene rings is 3. The van der Waals surface area contributed by atoms with Crippen LogP contribution in [0.2, 0.25) is 0 Å². The van der Waals surface area contributed by atoms with Crippen LogP contribution in [0.4, 0.5) is 4.39 Å². The van der Waals surface area contributed by atoms with Crippen LogP contribution in [0.1, 0.15) is 43.7 Å². The molecule has 5 rings (SSSR count). The number of aryl methyl sites for hydroxylation is 2. The van der Waals surface area contributed by atoms with Crippen molar-refractivity contribution >= 4 is 11.6 Å². The number of esters is 1. The zero-order chi connectivity index (χ0) is 30.3. The van der Waals surface area contributed by atoms with Crippen molar-refractivity contribution in [3.8, 4) is 45.1 Å². The standard InChI is InChI=1S/C33H32FN3O5/c1-18-10-11-22(15-26(18)38)30-29(31(32(40)41-6)42-33(3,4)5)19(2)35-28-17-25(36-37(28)30)21-9-7-8-20(14-21)24-13-12-23(34)16-27(24)39/h7-17,31,38-39H,1-6H3. The number of rotatable bonds is 6. The number of phenols is 2. The van der Waals surface area contributed by atoms with Crippen LogP contribution >= 0.6 is 0 Å². The van der Waals surface area contributed by atoms with Crippen molar-refractivity contribution in [2.45, 2.75) is 46.3 Å². The summed E-state index contributed by atoms with van der Waals surface area (Å²) in [6.07, 6.45) is -1.12. The molecule has 0 bridgehead atoms. The zero-order valence-corrected chi connectivity index (χ0v) is 24.3. The van der Waals surface area contributed by atoms with Gasteiger partial charge in [-0.1, -0.05) is 30.3 Å². The molecule has 0 fully saturated rings. The van der Waals surface area contributed by atoms with Gasteiger partial charge in [-0.05, 0) is 70.0 Å². The minimum Gasteiger partial charge on any atom is -0.508 e. The number of carbonyl (C=O) groups is 1. The van der Waals surface area contributed by atoms with Gasteiger partial charge in [0.1, 0.15) is 17.3 Å². The Morgan fingerprint density at radius 1 is 0.929 bits per heavy atom. The maximum Gasteiger partial charge on any atom is 0.339 e. The van der Waals surface area contributed by atoms with Crippen molar-refractivity contribution in [2.75, 3.05) is 7.11 Å². The molecule has 2 N–H and O–H groups in total. The van der Waals surface area contributed by atoms with E-state index in [9.17, 15) is 19.4 Å². The molecule has 0 aliphatic rings. The number of halogens is 1. The summed E-state index contributed by atoms with van der Waals surface area (Å²) >= 11 is 0. The number of phenolic OH excluding ortho intramolecular Hbond substituents is 2. The lowest BCUT2D eigenvalue weighted by atomic mass is 9.98. The van der Waals surface area contributed by atoms with Gasteiger partial charge in [0, 0.05) is 40.1 Å². The molecular formula is C33H32FN3O5. The maximum atomic E-state index is 13.6. The Morgan fingerprint density at radius 2 is 1.67 bits per heavy atom. The normalized spacial score (nSPS) is 12.5. The largest absolute Gasteiger partial charge is 0.508 e. The molecule has 1 unspecified atom stereocenters. The van der Waals surface area contributed by atoms with E-state index < -0.39 is 23.5 Å². The fourth-order valence-electron chi connectivity index (χ4n) is 4.90. The first-order valence-electron chi connectivity index (χ1n) is 13.4. The fraction of sp³-hybridized carbons (Fsp3) is 0.242. The van der Waals surface area contributed by atoms with E-state index in [2.05, 4.69) is 0 Å². The highest BCUT2D eigenvalue weighted by Gasteiger charge is 2.34. The summed E-state index contributed by atoms with van der Waals surface area (Å²) in [5.41, 5.74) is 5.10. The van der Waals surface area contributed by atoms with Crippen LogP contribution in [0.5, 0.6) is 11.5 Å². The number of aromatic nitrogens is 3. The van der Waals surface area contributed by atoms with E-state index in [1.54, 1.807) is 30.5 Å². The third-order valence-electron chi connectivity index (χ3n) is 6.89. The molecule has 8 nitrogen and oxygen atoms in total. The highest BCUT2D eigenvalue weighted by molar-refractivity contribution is 5.83. The predicted molar refractivity (Wildman–Crippen MR) is 158 cm³/mol. The van der Waals surface area contributed by atoms with Gasteiger partial charge in [-0.25, -0.2) is 18.7 Å². The molecule has 0 aliphatic heterocycles. The highest BCUT2D eigenvalue weighted by Crippen LogP contribution is 2.38. The number of carbonyl (C=O) groups excluding carboxylic acids is 1. The van der Waals surface area contributed by atoms with Gasteiger partial charge in [-0.3, -0.25) is 0 Å². The molecule has 0 saturated heterocycles. The molecule has 216 valence electrons. The van der Waals surface area contributed by atoms with Gasteiger partial charge in [0.2, 0.25) is 0 Å². The van der Waals surface area contributed by atoms with E-state index >= 15 is 0 Å². The fourth-order valence-corrected chi connectivity index (χ4v) is 4.90. The SMILES string of the molecule is COC(=O)C(OC(C)(C)C)c1c(C)nc2cc(-c3cccc(-c4ccc(F)cc4O)c3)nn2c1-c1ccc(C)c(O)c1. The summed E-state index contributed by atoms with van der Waals surface area (Å²) in [5, 5.41) is 25.9. The molecular weight excluding hydrogens is 537 g/mol. The molecule has 42 heavy (non-hydrogen) atoms. The lowest BCUT2D eigenvalue weighted by molar-refractivity contribution is -0.164. The van der Waals surface area contributed by atoms with Crippen LogP contribution in [0.25, 0.3) is 39.3 Å². The van der Waals surface area contributed by atoms with Crippen LogP contribution in [0, 0.1) is 19.7 Å². The first kappa shape index (κ1) is 28.8. The molecule has 0 radical (unpaired) electrons.